The fourth-order valence-electron chi connectivity index (χ4n) is 2.12. The van der Waals surface area contributed by atoms with E-state index in [1.807, 2.05) is 11.8 Å². The lowest BCUT2D eigenvalue weighted by Gasteiger charge is -2.29. The van der Waals surface area contributed by atoms with E-state index in [-0.39, 0.29) is 5.82 Å². The molecule has 19 heavy (non-hydrogen) atoms. The summed E-state index contributed by atoms with van der Waals surface area (Å²) in [6.45, 7) is 5.84. The number of benzene rings is 1. The molecule has 1 unspecified atom stereocenters. The average Bonchev–Trinajstić information content (AvgIpc) is 2.41. The van der Waals surface area contributed by atoms with Crippen molar-refractivity contribution in [2.24, 2.45) is 0 Å². The van der Waals surface area contributed by atoms with E-state index in [1.165, 1.54) is 0 Å². The zero-order valence-electron chi connectivity index (χ0n) is 12.4. The van der Waals surface area contributed by atoms with Gasteiger partial charge in [-0.15, -0.1) is 0 Å². The number of nitrogens with zero attached hydrogens (tertiary/aromatic N) is 1. The normalized spacial score (nSPS) is 12.5. The average molecular weight is 284 g/mol. The van der Waals surface area contributed by atoms with Gasteiger partial charge in [-0.05, 0) is 43.0 Å². The highest BCUT2D eigenvalue weighted by atomic mass is 32.2. The first-order chi connectivity index (χ1) is 9.12. The minimum absolute atomic E-state index is 0.156. The Morgan fingerprint density at radius 2 is 2.05 bits per heavy atom. The number of hydrogen-bond acceptors (Lipinski definition) is 3. The molecule has 0 aromatic heterocycles. The third-order valence-electron chi connectivity index (χ3n) is 3.31. The zero-order valence-corrected chi connectivity index (χ0v) is 13.2. The van der Waals surface area contributed by atoms with Crippen LogP contribution in [-0.2, 0) is 6.54 Å². The van der Waals surface area contributed by atoms with E-state index in [9.17, 15) is 4.39 Å². The van der Waals surface area contributed by atoms with Crippen molar-refractivity contribution in [1.82, 2.24) is 5.32 Å². The molecule has 1 rings (SSSR count). The van der Waals surface area contributed by atoms with Crippen LogP contribution in [-0.4, -0.2) is 31.6 Å². The topological polar surface area (TPSA) is 15.3 Å². The van der Waals surface area contributed by atoms with Gasteiger partial charge in [-0.25, -0.2) is 4.39 Å². The number of anilines is 1. The molecule has 4 heteroatoms. The molecule has 0 spiro atoms. The maximum atomic E-state index is 13.7. The highest BCUT2D eigenvalue weighted by molar-refractivity contribution is 7.98. The predicted molar refractivity (Wildman–Crippen MR) is 84.6 cm³/mol. The van der Waals surface area contributed by atoms with Gasteiger partial charge in [-0.3, -0.25) is 0 Å². The van der Waals surface area contributed by atoms with E-state index in [4.69, 9.17) is 0 Å². The van der Waals surface area contributed by atoms with Gasteiger partial charge in [0.1, 0.15) is 5.82 Å². The number of thioether (sulfide) groups is 1. The smallest absolute Gasteiger partial charge is 0.125 e. The van der Waals surface area contributed by atoms with Crippen LogP contribution < -0.4 is 10.2 Å². The lowest BCUT2D eigenvalue weighted by Crippen LogP contribution is -2.33. The van der Waals surface area contributed by atoms with Gasteiger partial charge in [0.05, 0.1) is 0 Å². The molecular formula is C15H25FN2S. The molecule has 0 bridgehead atoms. The lowest BCUT2D eigenvalue weighted by atomic mass is 10.1. The van der Waals surface area contributed by atoms with E-state index in [0.717, 1.165) is 30.0 Å². The molecule has 1 aromatic carbocycles. The van der Waals surface area contributed by atoms with Gasteiger partial charge in [0.15, 0.2) is 0 Å². The van der Waals surface area contributed by atoms with E-state index in [0.29, 0.717) is 12.6 Å². The standard InChI is InChI=1S/C15H25FN2S/c1-5-14(11-19-4)18(3)15-8-12(10-17-6-2)7-13(16)9-15/h7-9,14,17H,5-6,10-11H2,1-4H3. The summed E-state index contributed by atoms with van der Waals surface area (Å²) in [5.41, 5.74) is 1.97. The third-order valence-corrected chi connectivity index (χ3v) is 4.02. The Morgan fingerprint density at radius 3 is 2.63 bits per heavy atom. The maximum Gasteiger partial charge on any atom is 0.125 e. The molecule has 0 aliphatic carbocycles. The molecule has 0 amide bonds. The van der Waals surface area contributed by atoms with Gasteiger partial charge in [0.25, 0.3) is 0 Å². The second-order valence-corrected chi connectivity index (χ2v) is 5.64. The molecule has 1 N–H and O–H groups in total. The van der Waals surface area contributed by atoms with Gasteiger partial charge in [-0.1, -0.05) is 13.8 Å². The first kappa shape index (κ1) is 16.3. The van der Waals surface area contributed by atoms with Gasteiger partial charge in [-0.2, -0.15) is 11.8 Å². The first-order valence-corrected chi connectivity index (χ1v) is 8.23. The van der Waals surface area contributed by atoms with E-state index in [1.54, 1.807) is 12.1 Å². The van der Waals surface area contributed by atoms with Crippen LogP contribution in [0, 0.1) is 5.82 Å². The molecule has 0 saturated heterocycles. The second-order valence-electron chi connectivity index (χ2n) is 4.73. The van der Waals surface area contributed by atoms with Crippen LogP contribution in [0.25, 0.3) is 0 Å². The molecule has 0 aliphatic rings. The van der Waals surface area contributed by atoms with Gasteiger partial charge in [0.2, 0.25) is 0 Å². The van der Waals surface area contributed by atoms with E-state index < -0.39 is 0 Å². The number of nitrogens with one attached hydrogen (secondary N) is 1. The SMILES string of the molecule is CCNCc1cc(F)cc(N(C)C(CC)CSC)c1. The van der Waals surface area contributed by atoms with Crippen LogP contribution in [0.1, 0.15) is 25.8 Å². The van der Waals surface area contributed by atoms with Gasteiger partial charge in [0, 0.05) is 31.1 Å². The van der Waals surface area contributed by atoms with E-state index >= 15 is 0 Å². The molecule has 1 aromatic rings. The summed E-state index contributed by atoms with van der Waals surface area (Å²) in [6, 6.07) is 5.76. The molecule has 0 heterocycles. The van der Waals surface area contributed by atoms with Crippen LogP contribution in [0.2, 0.25) is 0 Å². The van der Waals surface area contributed by atoms with Gasteiger partial charge < -0.3 is 10.2 Å². The largest absolute Gasteiger partial charge is 0.371 e. The first-order valence-electron chi connectivity index (χ1n) is 6.84. The summed E-state index contributed by atoms with van der Waals surface area (Å²) < 4.78 is 13.7. The molecule has 1 atom stereocenters. The fraction of sp³-hybridized carbons (Fsp3) is 0.600. The van der Waals surface area contributed by atoms with Crippen molar-refractivity contribution in [3.8, 4) is 0 Å². The molecule has 2 nitrogen and oxygen atoms in total. The summed E-state index contributed by atoms with van der Waals surface area (Å²) in [6.07, 6.45) is 3.18. The third kappa shape index (κ3) is 5.03. The quantitative estimate of drug-likeness (QED) is 0.786. The summed E-state index contributed by atoms with van der Waals surface area (Å²) in [4.78, 5) is 2.19. The van der Waals surface area contributed by atoms with Crippen LogP contribution in [0.5, 0.6) is 0 Å². The molecule has 0 aliphatic heterocycles. The Hall–Kier alpha value is -0.740. The van der Waals surface area contributed by atoms with Crippen molar-refractivity contribution in [3.63, 3.8) is 0 Å². The van der Waals surface area contributed by atoms with Crippen LogP contribution in [0.15, 0.2) is 18.2 Å². The summed E-state index contributed by atoms with van der Waals surface area (Å²) in [5.74, 6) is 0.905. The van der Waals surface area contributed by atoms with Crippen molar-refractivity contribution >= 4 is 17.4 Å². The highest BCUT2D eigenvalue weighted by Crippen LogP contribution is 2.22. The Bertz CT molecular complexity index is 384. The number of rotatable bonds is 8. The molecular weight excluding hydrogens is 259 g/mol. The van der Waals surface area contributed by atoms with Crippen LogP contribution in [0.4, 0.5) is 10.1 Å². The van der Waals surface area contributed by atoms with Crippen LogP contribution in [0.3, 0.4) is 0 Å². The maximum absolute atomic E-state index is 13.7. The fourth-order valence-corrected chi connectivity index (χ4v) is 2.96. The number of hydrogen-bond donors (Lipinski definition) is 1. The van der Waals surface area contributed by atoms with Crippen molar-refractivity contribution in [2.45, 2.75) is 32.9 Å². The predicted octanol–water partition coefficient (Wildman–Crippen LogP) is 3.51. The summed E-state index contributed by atoms with van der Waals surface area (Å²) in [7, 11) is 2.05. The Morgan fingerprint density at radius 1 is 1.32 bits per heavy atom. The summed E-state index contributed by atoms with van der Waals surface area (Å²) in [5, 5.41) is 3.24. The summed E-state index contributed by atoms with van der Waals surface area (Å²) >= 11 is 1.83. The van der Waals surface area contributed by atoms with Crippen molar-refractivity contribution in [1.29, 1.82) is 0 Å². The molecule has 0 fully saturated rings. The van der Waals surface area contributed by atoms with E-state index in [2.05, 4.69) is 43.4 Å². The minimum Gasteiger partial charge on any atom is -0.371 e. The van der Waals surface area contributed by atoms with Crippen LogP contribution >= 0.6 is 11.8 Å². The second kappa shape index (κ2) is 8.43. The zero-order chi connectivity index (χ0) is 14.3. The number of halogens is 1. The molecule has 0 saturated carbocycles. The van der Waals surface area contributed by atoms with Crippen molar-refractivity contribution in [3.05, 3.63) is 29.6 Å². The highest BCUT2D eigenvalue weighted by Gasteiger charge is 2.14. The molecule has 108 valence electrons. The van der Waals surface area contributed by atoms with Gasteiger partial charge >= 0.3 is 0 Å². The van der Waals surface area contributed by atoms with Crippen molar-refractivity contribution < 1.29 is 4.39 Å². The molecule has 0 radical (unpaired) electrons. The Kier molecular flexibility index (Phi) is 7.24. The Balaban J connectivity index is 2.88. The lowest BCUT2D eigenvalue weighted by molar-refractivity contribution is 0.616. The minimum atomic E-state index is -0.156. The monoisotopic (exact) mass is 284 g/mol. The van der Waals surface area contributed by atoms with Crippen molar-refractivity contribution in [2.75, 3.05) is 30.5 Å². The Labute approximate surface area is 120 Å².